The standard InChI is InChI=1S/C15H18ClNO3S/c1-9-7-12(17-20-14(18)15(2,3)19-4)11-8-10(16)5-6-13(11)21-9/h5-9,17H,1-4H3. The van der Waals surface area contributed by atoms with Crippen molar-refractivity contribution in [2.24, 2.45) is 0 Å². The molecule has 1 atom stereocenters. The zero-order valence-electron chi connectivity index (χ0n) is 12.4. The summed E-state index contributed by atoms with van der Waals surface area (Å²) in [6.45, 7) is 5.37. The highest BCUT2D eigenvalue weighted by atomic mass is 35.5. The number of fused-ring (bicyclic) bond motifs is 1. The van der Waals surface area contributed by atoms with E-state index in [1.165, 1.54) is 7.11 Å². The second-order valence-electron chi connectivity index (χ2n) is 5.25. The van der Waals surface area contributed by atoms with Gasteiger partial charge in [-0.05, 0) is 45.0 Å². The topological polar surface area (TPSA) is 47.6 Å². The molecule has 1 aliphatic rings. The fourth-order valence-corrected chi connectivity index (χ4v) is 2.99. The third-order valence-electron chi connectivity index (χ3n) is 3.20. The van der Waals surface area contributed by atoms with Gasteiger partial charge in [-0.2, -0.15) is 0 Å². The van der Waals surface area contributed by atoms with Crippen molar-refractivity contribution in [2.75, 3.05) is 7.11 Å². The van der Waals surface area contributed by atoms with Gasteiger partial charge in [0.05, 0.1) is 5.70 Å². The molecular weight excluding hydrogens is 310 g/mol. The summed E-state index contributed by atoms with van der Waals surface area (Å²) >= 11 is 7.77. The molecule has 0 amide bonds. The summed E-state index contributed by atoms with van der Waals surface area (Å²) in [7, 11) is 1.47. The number of methoxy groups -OCH3 is 1. The molecule has 1 N–H and O–H groups in total. The molecule has 4 nitrogen and oxygen atoms in total. The van der Waals surface area contributed by atoms with Gasteiger partial charge in [-0.25, -0.2) is 10.3 Å². The molecule has 1 aliphatic heterocycles. The Morgan fingerprint density at radius 2 is 2.14 bits per heavy atom. The molecule has 114 valence electrons. The van der Waals surface area contributed by atoms with Crippen molar-refractivity contribution >= 4 is 35.0 Å². The number of halogens is 1. The third-order valence-corrected chi connectivity index (χ3v) is 4.55. The van der Waals surface area contributed by atoms with Gasteiger partial charge in [0.25, 0.3) is 0 Å². The number of hydroxylamine groups is 1. The van der Waals surface area contributed by atoms with Gasteiger partial charge in [-0.3, -0.25) is 0 Å². The number of carbonyl (C=O) groups is 1. The molecule has 0 aliphatic carbocycles. The van der Waals surface area contributed by atoms with Crippen molar-refractivity contribution in [1.82, 2.24) is 5.48 Å². The summed E-state index contributed by atoms with van der Waals surface area (Å²) < 4.78 is 5.09. The first-order valence-electron chi connectivity index (χ1n) is 6.54. The summed E-state index contributed by atoms with van der Waals surface area (Å²) in [4.78, 5) is 18.2. The average molecular weight is 328 g/mol. The van der Waals surface area contributed by atoms with Crippen molar-refractivity contribution in [3.05, 3.63) is 34.9 Å². The Morgan fingerprint density at radius 3 is 2.81 bits per heavy atom. The lowest BCUT2D eigenvalue weighted by atomic mass is 10.1. The highest BCUT2D eigenvalue weighted by Crippen LogP contribution is 2.37. The molecule has 21 heavy (non-hydrogen) atoms. The van der Waals surface area contributed by atoms with Gasteiger partial charge in [0.1, 0.15) is 0 Å². The summed E-state index contributed by atoms with van der Waals surface area (Å²) in [5.74, 6) is -0.486. The number of carbonyl (C=O) groups excluding carboxylic acids is 1. The van der Waals surface area contributed by atoms with E-state index in [2.05, 4.69) is 12.4 Å². The molecule has 0 radical (unpaired) electrons. The number of rotatable bonds is 4. The van der Waals surface area contributed by atoms with E-state index < -0.39 is 11.6 Å². The van der Waals surface area contributed by atoms with Gasteiger partial charge in [-0.1, -0.05) is 11.6 Å². The average Bonchev–Trinajstić information content (AvgIpc) is 2.44. The van der Waals surface area contributed by atoms with Crippen LogP contribution in [0.25, 0.3) is 5.70 Å². The lowest BCUT2D eigenvalue weighted by molar-refractivity contribution is -0.169. The van der Waals surface area contributed by atoms with Gasteiger partial charge in [0.15, 0.2) is 5.60 Å². The molecule has 1 heterocycles. The van der Waals surface area contributed by atoms with E-state index in [1.54, 1.807) is 25.6 Å². The first-order valence-corrected chi connectivity index (χ1v) is 7.80. The van der Waals surface area contributed by atoms with Gasteiger partial charge in [-0.15, -0.1) is 11.8 Å². The van der Waals surface area contributed by atoms with Crippen molar-refractivity contribution < 1.29 is 14.4 Å². The molecule has 6 heteroatoms. The van der Waals surface area contributed by atoms with Crippen molar-refractivity contribution in [1.29, 1.82) is 0 Å². The van der Waals surface area contributed by atoms with E-state index in [9.17, 15) is 4.79 Å². The highest BCUT2D eigenvalue weighted by molar-refractivity contribution is 8.00. The minimum atomic E-state index is -1.00. The Balaban J connectivity index is 2.17. The Kier molecular flexibility index (Phi) is 4.86. The molecule has 0 saturated carbocycles. The van der Waals surface area contributed by atoms with Gasteiger partial charge in [0.2, 0.25) is 0 Å². The second-order valence-corrected chi connectivity index (χ2v) is 7.11. The monoisotopic (exact) mass is 327 g/mol. The summed E-state index contributed by atoms with van der Waals surface area (Å²) in [5, 5.41) is 0.912. The normalized spacial score (nSPS) is 17.8. The number of hydrogen-bond acceptors (Lipinski definition) is 5. The lowest BCUT2D eigenvalue weighted by Crippen LogP contribution is -2.38. The second kappa shape index (κ2) is 6.30. The van der Waals surface area contributed by atoms with Gasteiger partial charge < -0.3 is 9.57 Å². The molecule has 0 aromatic heterocycles. The van der Waals surface area contributed by atoms with Crippen LogP contribution in [-0.2, 0) is 14.4 Å². The fourth-order valence-electron chi connectivity index (χ4n) is 1.77. The first kappa shape index (κ1) is 16.2. The smallest absolute Gasteiger partial charge is 0.362 e. The van der Waals surface area contributed by atoms with Crippen LogP contribution in [0, 0.1) is 0 Å². The largest absolute Gasteiger partial charge is 0.367 e. The van der Waals surface area contributed by atoms with Crippen LogP contribution >= 0.6 is 23.4 Å². The minimum Gasteiger partial charge on any atom is -0.367 e. The Bertz CT molecular complexity index is 586. The fraction of sp³-hybridized carbons (Fsp3) is 0.400. The predicted molar refractivity (Wildman–Crippen MR) is 85.1 cm³/mol. The molecule has 1 unspecified atom stereocenters. The van der Waals surface area contributed by atoms with Crippen LogP contribution in [0.15, 0.2) is 29.2 Å². The summed E-state index contributed by atoms with van der Waals surface area (Å²) in [6.07, 6.45) is 2.00. The van der Waals surface area contributed by atoms with Gasteiger partial charge in [0, 0.05) is 27.8 Å². The molecule has 0 spiro atoms. The number of ether oxygens (including phenoxy) is 1. The Hall–Kier alpha value is -1.17. The van der Waals surface area contributed by atoms with E-state index in [-0.39, 0.29) is 5.25 Å². The molecule has 1 aromatic rings. The molecular formula is C15H18ClNO3S. The number of thioether (sulfide) groups is 1. The van der Waals surface area contributed by atoms with Crippen LogP contribution < -0.4 is 5.48 Å². The van der Waals surface area contributed by atoms with E-state index in [0.717, 1.165) is 16.2 Å². The zero-order chi connectivity index (χ0) is 15.6. The number of hydrogen-bond donors (Lipinski definition) is 1. The number of nitrogens with one attached hydrogen (secondary N) is 1. The van der Waals surface area contributed by atoms with Gasteiger partial charge >= 0.3 is 5.97 Å². The maximum Gasteiger partial charge on any atom is 0.362 e. The molecule has 1 aromatic carbocycles. The van der Waals surface area contributed by atoms with Crippen LogP contribution in [0.4, 0.5) is 0 Å². The van der Waals surface area contributed by atoms with E-state index in [1.807, 2.05) is 24.3 Å². The number of benzene rings is 1. The van der Waals surface area contributed by atoms with Crippen LogP contribution in [-0.4, -0.2) is 23.9 Å². The van der Waals surface area contributed by atoms with Crippen LogP contribution in [0.3, 0.4) is 0 Å². The Labute approximate surface area is 133 Å². The maximum atomic E-state index is 11.9. The zero-order valence-corrected chi connectivity index (χ0v) is 14.0. The Morgan fingerprint density at radius 1 is 1.43 bits per heavy atom. The summed E-state index contributed by atoms with van der Waals surface area (Å²) in [6, 6.07) is 5.67. The van der Waals surface area contributed by atoms with E-state index >= 15 is 0 Å². The van der Waals surface area contributed by atoms with Crippen LogP contribution in [0.1, 0.15) is 26.3 Å². The van der Waals surface area contributed by atoms with Crippen molar-refractivity contribution in [3.63, 3.8) is 0 Å². The molecule has 0 fully saturated rings. The lowest BCUT2D eigenvalue weighted by Gasteiger charge is -2.24. The van der Waals surface area contributed by atoms with E-state index in [4.69, 9.17) is 21.2 Å². The van der Waals surface area contributed by atoms with Crippen molar-refractivity contribution in [2.45, 2.75) is 36.5 Å². The van der Waals surface area contributed by atoms with Crippen LogP contribution in [0.2, 0.25) is 5.02 Å². The minimum absolute atomic E-state index is 0.273. The molecule has 0 saturated heterocycles. The third kappa shape index (κ3) is 3.73. The SMILES string of the molecule is COC(C)(C)C(=O)ONC1=CC(C)Sc2ccc(Cl)cc21. The maximum absolute atomic E-state index is 11.9. The molecule has 0 bridgehead atoms. The molecule has 2 rings (SSSR count). The predicted octanol–water partition coefficient (Wildman–Crippen LogP) is 3.65. The highest BCUT2D eigenvalue weighted by Gasteiger charge is 2.30. The first-order chi connectivity index (χ1) is 9.83. The van der Waals surface area contributed by atoms with Crippen LogP contribution in [0.5, 0.6) is 0 Å². The quantitative estimate of drug-likeness (QED) is 0.855. The van der Waals surface area contributed by atoms with Crippen molar-refractivity contribution in [3.8, 4) is 0 Å². The summed E-state index contributed by atoms with van der Waals surface area (Å²) in [5.41, 5.74) is 3.39. The van der Waals surface area contributed by atoms with E-state index in [0.29, 0.717) is 5.02 Å².